The van der Waals surface area contributed by atoms with Gasteiger partial charge in [0.2, 0.25) is 0 Å². The average molecular weight is 235 g/mol. The van der Waals surface area contributed by atoms with Crippen LogP contribution in [0.3, 0.4) is 0 Å². The third kappa shape index (κ3) is 3.20. The molecule has 3 heteroatoms. The fourth-order valence-corrected chi connectivity index (χ4v) is 2.30. The van der Waals surface area contributed by atoms with Crippen LogP contribution < -0.4 is 10.5 Å². The van der Waals surface area contributed by atoms with Crippen LogP contribution in [0.25, 0.3) is 0 Å². The highest BCUT2D eigenvalue weighted by Gasteiger charge is 2.22. The van der Waals surface area contributed by atoms with E-state index in [2.05, 4.69) is 6.07 Å². The molecule has 0 amide bonds. The number of nitrogens with two attached hydrogens (primary N) is 1. The first-order valence-electron chi connectivity index (χ1n) is 6.37. The predicted octanol–water partition coefficient (Wildman–Crippen LogP) is 2.51. The SMILES string of the molecule is CCOc1cccc(C(N)C2CCCOC2)c1. The van der Waals surface area contributed by atoms with Crippen LogP contribution in [-0.2, 0) is 4.74 Å². The Morgan fingerprint density at radius 1 is 1.53 bits per heavy atom. The van der Waals surface area contributed by atoms with Gasteiger partial charge in [0.05, 0.1) is 13.2 Å². The highest BCUT2D eigenvalue weighted by molar-refractivity contribution is 5.30. The van der Waals surface area contributed by atoms with Crippen molar-refractivity contribution in [2.24, 2.45) is 11.7 Å². The van der Waals surface area contributed by atoms with Crippen molar-refractivity contribution >= 4 is 0 Å². The van der Waals surface area contributed by atoms with Gasteiger partial charge in [0.25, 0.3) is 0 Å². The summed E-state index contributed by atoms with van der Waals surface area (Å²) in [4.78, 5) is 0. The second-order valence-corrected chi connectivity index (χ2v) is 4.51. The second-order valence-electron chi connectivity index (χ2n) is 4.51. The first kappa shape index (κ1) is 12.4. The molecular formula is C14H21NO2. The normalized spacial score (nSPS) is 22.1. The fourth-order valence-electron chi connectivity index (χ4n) is 2.30. The molecule has 1 aliphatic heterocycles. The van der Waals surface area contributed by atoms with Gasteiger partial charge >= 0.3 is 0 Å². The minimum Gasteiger partial charge on any atom is -0.494 e. The quantitative estimate of drug-likeness (QED) is 0.872. The van der Waals surface area contributed by atoms with Crippen molar-refractivity contribution in [1.82, 2.24) is 0 Å². The van der Waals surface area contributed by atoms with Crippen molar-refractivity contribution in [1.29, 1.82) is 0 Å². The van der Waals surface area contributed by atoms with Crippen molar-refractivity contribution < 1.29 is 9.47 Å². The van der Waals surface area contributed by atoms with E-state index in [9.17, 15) is 0 Å². The first-order chi connectivity index (χ1) is 8.31. The largest absolute Gasteiger partial charge is 0.494 e. The molecule has 0 aromatic heterocycles. The van der Waals surface area contributed by atoms with E-state index in [-0.39, 0.29) is 6.04 Å². The summed E-state index contributed by atoms with van der Waals surface area (Å²) in [5, 5.41) is 0. The monoisotopic (exact) mass is 235 g/mol. The molecule has 1 aromatic carbocycles. The van der Waals surface area contributed by atoms with Crippen LogP contribution in [0.5, 0.6) is 5.75 Å². The lowest BCUT2D eigenvalue weighted by molar-refractivity contribution is 0.0447. The Morgan fingerprint density at radius 3 is 3.12 bits per heavy atom. The molecule has 0 aliphatic carbocycles. The van der Waals surface area contributed by atoms with E-state index in [1.165, 1.54) is 0 Å². The second kappa shape index (κ2) is 6.03. The van der Waals surface area contributed by atoms with Crippen molar-refractivity contribution in [2.45, 2.75) is 25.8 Å². The number of rotatable bonds is 4. The molecule has 17 heavy (non-hydrogen) atoms. The van der Waals surface area contributed by atoms with Gasteiger partial charge in [0.15, 0.2) is 0 Å². The summed E-state index contributed by atoms with van der Waals surface area (Å²) in [5.74, 6) is 1.33. The van der Waals surface area contributed by atoms with Gasteiger partial charge in [-0.2, -0.15) is 0 Å². The van der Waals surface area contributed by atoms with E-state index in [1.54, 1.807) is 0 Å². The zero-order chi connectivity index (χ0) is 12.1. The molecule has 1 heterocycles. The van der Waals surface area contributed by atoms with E-state index >= 15 is 0 Å². The smallest absolute Gasteiger partial charge is 0.119 e. The van der Waals surface area contributed by atoms with E-state index in [0.717, 1.165) is 37.4 Å². The van der Waals surface area contributed by atoms with Crippen LogP contribution in [0.1, 0.15) is 31.4 Å². The van der Waals surface area contributed by atoms with E-state index in [1.807, 2.05) is 25.1 Å². The Bertz CT molecular complexity index is 348. The zero-order valence-corrected chi connectivity index (χ0v) is 10.4. The fraction of sp³-hybridized carbons (Fsp3) is 0.571. The summed E-state index contributed by atoms with van der Waals surface area (Å²) in [5.41, 5.74) is 7.44. The molecule has 1 saturated heterocycles. The highest BCUT2D eigenvalue weighted by atomic mass is 16.5. The third-order valence-corrected chi connectivity index (χ3v) is 3.26. The average Bonchev–Trinajstić information content (AvgIpc) is 2.40. The van der Waals surface area contributed by atoms with Gasteiger partial charge in [-0.1, -0.05) is 12.1 Å². The molecule has 0 bridgehead atoms. The molecule has 94 valence electrons. The number of hydrogen-bond donors (Lipinski definition) is 1. The van der Waals surface area contributed by atoms with Gasteiger partial charge in [0, 0.05) is 18.6 Å². The summed E-state index contributed by atoms with van der Waals surface area (Å²) < 4.78 is 11.0. The molecule has 1 aromatic rings. The van der Waals surface area contributed by atoms with Crippen molar-refractivity contribution in [3.05, 3.63) is 29.8 Å². The molecule has 2 atom stereocenters. The highest BCUT2D eigenvalue weighted by Crippen LogP contribution is 2.28. The summed E-state index contributed by atoms with van der Waals surface area (Å²) >= 11 is 0. The molecule has 2 unspecified atom stereocenters. The molecule has 0 radical (unpaired) electrons. The van der Waals surface area contributed by atoms with Crippen LogP contribution in [-0.4, -0.2) is 19.8 Å². The van der Waals surface area contributed by atoms with Crippen LogP contribution >= 0.6 is 0 Å². The molecule has 0 saturated carbocycles. The number of ether oxygens (including phenoxy) is 2. The van der Waals surface area contributed by atoms with Crippen LogP contribution in [0.2, 0.25) is 0 Å². The first-order valence-corrected chi connectivity index (χ1v) is 6.37. The molecule has 3 nitrogen and oxygen atoms in total. The zero-order valence-electron chi connectivity index (χ0n) is 10.4. The Balaban J connectivity index is 2.06. The Kier molecular flexibility index (Phi) is 4.40. The van der Waals surface area contributed by atoms with Crippen LogP contribution in [0.15, 0.2) is 24.3 Å². The molecule has 1 aliphatic rings. The maximum atomic E-state index is 6.30. The molecular weight excluding hydrogens is 214 g/mol. The summed E-state index contributed by atoms with van der Waals surface area (Å²) in [7, 11) is 0. The van der Waals surface area contributed by atoms with Crippen LogP contribution in [0, 0.1) is 5.92 Å². The lowest BCUT2D eigenvalue weighted by Gasteiger charge is -2.28. The van der Waals surface area contributed by atoms with Crippen molar-refractivity contribution in [2.75, 3.05) is 19.8 Å². The third-order valence-electron chi connectivity index (χ3n) is 3.26. The molecule has 2 N–H and O–H groups in total. The Labute approximate surface area is 103 Å². The van der Waals surface area contributed by atoms with Crippen molar-refractivity contribution in [3.63, 3.8) is 0 Å². The lowest BCUT2D eigenvalue weighted by atomic mass is 9.89. The standard InChI is InChI=1S/C14H21NO2/c1-2-17-13-7-3-5-11(9-13)14(15)12-6-4-8-16-10-12/h3,5,7,9,12,14H,2,4,6,8,10,15H2,1H3. The van der Waals surface area contributed by atoms with Gasteiger partial charge in [-0.05, 0) is 37.5 Å². The van der Waals surface area contributed by atoms with E-state index in [4.69, 9.17) is 15.2 Å². The Morgan fingerprint density at radius 2 is 2.41 bits per heavy atom. The topological polar surface area (TPSA) is 44.5 Å². The number of hydrogen-bond acceptors (Lipinski definition) is 3. The van der Waals surface area contributed by atoms with Crippen LogP contribution in [0.4, 0.5) is 0 Å². The lowest BCUT2D eigenvalue weighted by Crippen LogP contribution is -2.29. The van der Waals surface area contributed by atoms with Gasteiger partial charge in [-0.15, -0.1) is 0 Å². The molecule has 2 rings (SSSR count). The summed E-state index contributed by atoms with van der Waals surface area (Å²) in [6.45, 7) is 4.33. The van der Waals surface area contributed by atoms with Gasteiger partial charge < -0.3 is 15.2 Å². The van der Waals surface area contributed by atoms with Gasteiger partial charge in [-0.3, -0.25) is 0 Å². The minimum absolute atomic E-state index is 0.0516. The summed E-state index contributed by atoms with van der Waals surface area (Å²) in [6.07, 6.45) is 2.27. The van der Waals surface area contributed by atoms with Crippen molar-refractivity contribution in [3.8, 4) is 5.75 Å². The van der Waals surface area contributed by atoms with E-state index < -0.39 is 0 Å². The maximum Gasteiger partial charge on any atom is 0.119 e. The van der Waals surface area contributed by atoms with Gasteiger partial charge in [-0.25, -0.2) is 0 Å². The predicted molar refractivity (Wildman–Crippen MR) is 68.1 cm³/mol. The van der Waals surface area contributed by atoms with E-state index in [0.29, 0.717) is 12.5 Å². The summed E-state index contributed by atoms with van der Waals surface area (Å²) in [6, 6.07) is 8.14. The Hall–Kier alpha value is -1.06. The molecule has 0 spiro atoms. The maximum absolute atomic E-state index is 6.30. The number of benzene rings is 1. The minimum atomic E-state index is 0.0516. The van der Waals surface area contributed by atoms with Gasteiger partial charge in [0.1, 0.15) is 5.75 Å². The molecule has 1 fully saturated rings.